The Balaban J connectivity index is 0.000000203. The number of carboxylic acid groups (broad SMARTS) is 1. The van der Waals surface area contributed by atoms with Crippen LogP contribution in [0.3, 0.4) is 0 Å². The summed E-state index contributed by atoms with van der Waals surface area (Å²) in [5, 5.41) is 85.5. The number of hydrogen-bond donors (Lipinski definition) is 9. The number of nitrogens with two attached hydrogens (primary N) is 1. The lowest BCUT2D eigenvalue weighted by molar-refractivity contribution is -0.169. The highest BCUT2D eigenvalue weighted by Crippen LogP contribution is 2.56. The molecule has 18 nitrogen and oxygen atoms in total. The first-order valence-electron chi connectivity index (χ1n) is 26.4. The number of carbonyl (C=O) groups is 4. The Morgan fingerprint density at radius 3 is 2.12 bits per heavy atom. The van der Waals surface area contributed by atoms with Crippen LogP contribution in [-0.4, -0.2) is 154 Å². The highest BCUT2D eigenvalue weighted by atomic mass is 35.5. The van der Waals surface area contributed by atoms with Crippen molar-refractivity contribution in [2.75, 3.05) is 34.7 Å². The fraction of sp³-hybridized carbons (Fsp3) is 0.339. The van der Waals surface area contributed by atoms with E-state index in [1.165, 1.54) is 42.8 Å². The molecule has 4 aromatic carbocycles. The number of phenolic OH excluding ortho intramolecular Hbond substituents is 1. The molecule has 12 N–H and O–H groups in total. The number of ketones is 2. The van der Waals surface area contributed by atoms with Crippen molar-refractivity contribution >= 4 is 57.8 Å². The number of para-hydroxylation sites is 1. The number of hydrogen-bond acceptors (Lipinski definition) is 14. The molecule has 0 spiro atoms. The van der Waals surface area contributed by atoms with E-state index in [9.17, 15) is 59.3 Å². The van der Waals surface area contributed by atoms with Gasteiger partial charge in [0.15, 0.2) is 11.4 Å². The molecule has 3 aliphatic rings. The molecule has 1 unspecified atom stereocenters. The van der Waals surface area contributed by atoms with E-state index in [-0.39, 0.29) is 35.1 Å². The summed E-state index contributed by atoms with van der Waals surface area (Å²) < 4.78 is 15.6. The number of benzene rings is 4. The molecule has 9 atom stereocenters. The third kappa shape index (κ3) is 12.9. The molecule has 3 aliphatic carbocycles. The molecular weight excluding hydrogens is 1080 g/mol. The van der Waals surface area contributed by atoms with Crippen molar-refractivity contribution in [1.29, 1.82) is 0 Å². The average Bonchev–Trinajstić information content (AvgIpc) is 1.79. The molecule has 0 radical (unpaired) electrons. The van der Waals surface area contributed by atoms with Gasteiger partial charge in [0.25, 0.3) is 5.91 Å². The van der Waals surface area contributed by atoms with Crippen LogP contribution in [0.4, 0.5) is 4.39 Å². The molecule has 0 saturated heterocycles. The van der Waals surface area contributed by atoms with Crippen molar-refractivity contribution < 1.29 is 69.9 Å². The number of fused-ring (bicyclic) bond motifs is 4. The van der Waals surface area contributed by atoms with Gasteiger partial charge in [0.05, 0.1) is 42.3 Å². The van der Waals surface area contributed by atoms with E-state index >= 15 is 0 Å². The Morgan fingerprint density at radius 1 is 0.890 bits per heavy atom. The maximum atomic E-state index is 13.7. The number of Topliss-reactive ketones (excluding diaryl/α,β-unsaturated/α-hetero) is 2. The second-order valence-corrected chi connectivity index (χ2v) is 21.8. The number of amides is 1. The fourth-order valence-electron chi connectivity index (χ4n) is 11.5. The predicted molar refractivity (Wildman–Crippen MR) is 310 cm³/mol. The van der Waals surface area contributed by atoms with Gasteiger partial charge in [0.1, 0.15) is 28.7 Å². The number of likely N-dealkylation sites (N-methyl/N-ethyl adjacent to an activating group) is 1. The number of carbonyl (C=O) groups excluding carboxylic acids is 3. The van der Waals surface area contributed by atoms with Gasteiger partial charge < -0.3 is 61.5 Å². The molecule has 20 heteroatoms. The molecule has 1 amide bonds. The molecule has 82 heavy (non-hydrogen) atoms. The minimum atomic E-state index is -2.89. The SMILES string of the molecule is CC(C)n1c(/C=C/[C@@H](O)C[C@@H](O)CC(=O)O)c(-c2ccc(F)cc2)c2ccccc21.CN(C)CCC(c1ccc(Cl)cc1)c1ccccn1.C[C@H]1c2cccc(O)c2C(O)=C2C(=O)[C@]3(O)C(O)=C(C(N)=O)C(=O)[C@@H](N(C)C)[C@@H]3[C@@H](O)[C@@H]21.O. The highest BCUT2D eigenvalue weighted by Gasteiger charge is 2.68. The van der Waals surface area contributed by atoms with Crippen LogP contribution in [0.2, 0.25) is 5.02 Å². The van der Waals surface area contributed by atoms with Gasteiger partial charge in [0.2, 0.25) is 5.78 Å². The van der Waals surface area contributed by atoms with E-state index in [1.54, 1.807) is 43.3 Å². The zero-order valence-corrected chi connectivity index (χ0v) is 47.2. The van der Waals surface area contributed by atoms with E-state index in [4.69, 9.17) is 22.4 Å². The molecule has 2 heterocycles. The standard InChI is InChI=1S/C24H26FNO4.C22H24N2O8.C16H19ClN2.H2O/c1-15(2)26-21-6-4-3-5-20(21)24(16-7-9-17(25)10-8-16)22(26)12-11-18(27)13-19(28)14-23(29)30;1-7-8-5-4-6-9(25)11(8)16(26)12-10(7)17(27)14-15(24(2)3)18(28)13(21(23)31)20(30)22(14,32)19(12)29;1-19(2)12-10-15(16-5-3-4-11-18-16)13-6-8-14(17)9-7-13;/h3-12,15,18-19,27-28H,13-14H2,1-2H3,(H,29,30);4-7,10,14-15,17,25-27,30,32H,1-3H3,(H2,23,31);3-9,11,15H,10,12H2,1-2H3;1H2/b12-11+;;;/t18-,19-;7-,10+,14+,15-,17-,22-;;/m10../s1. The summed E-state index contributed by atoms with van der Waals surface area (Å²) in [7, 11) is 7.11. The van der Waals surface area contributed by atoms with Gasteiger partial charge in [-0.1, -0.05) is 85.3 Å². The first-order chi connectivity index (χ1) is 38.3. The van der Waals surface area contributed by atoms with Crippen molar-refractivity contribution in [2.45, 2.75) is 87.9 Å². The van der Waals surface area contributed by atoms with E-state index < -0.39 is 100 Å². The van der Waals surface area contributed by atoms with Crippen LogP contribution < -0.4 is 5.73 Å². The lowest BCUT2D eigenvalue weighted by atomic mass is 9.54. The van der Waals surface area contributed by atoms with Gasteiger partial charge in [-0.3, -0.25) is 29.1 Å². The number of halogens is 2. The number of aromatic nitrogens is 2. The molecule has 0 bridgehead atoms. The maximum Gasteiger partial charge on any atom is 0.305 e. The van der Waals surface area contributed by atoms with Crippen LogP contribution in [0.1, 0.15) is 86.0 Å². The average molecular weight is 1150 g/mol. The molecule has 2 aromatic heterocycles. The van der Waals surface area contributed by atoms with Crippen LogP contribution in [0, 0.1) is 17.7 Å². The number of nitrogens with zero attached hydrogens (tertiary/aromatic N) is 4. The van der Waals surface area contributed by atoms with E-state index in [0.717, 1.165) is 51.4 Å². The monoisotopic (exact) mass is 1150 g/mol. The summed E-state index contributed by atoms with van der Waals surface area (Å²) in [5.74, 6) is -9.97. The Morgan fingerprint density at radius 2 is 1.54 bits per heavy atom. The fourth-order valence-corrected chi connectivity index (χ4v) is 11.6. The van der Waals surface area contributed by atoms with Crippen molar-refractivity contribution in [3.05, 3.63) is 177 Å². The molecule has 6 aromatic rings. The summed E-state index contributed by atoms with van der Waals surface area (Å²) in [6, 6.07) is 31.7. The third-order valence-electron chi connectivity index (χ3n) is 15.2. The first kappa shape index (κ1) is 63.6. The summed E-state index contributed by atoms with van der Waals surface area (Å²) in [6.07, 6.45) is 2.04. The van der Waals surface area contributed by atoms with Crippen molar-refractivity contribution in [3.8, 4) is 16.9 Å². The Labute approximate surface area is 479 Å². The summed E-state index contributed by atoms with van der Waals surface area (Å²) in [5.41, 5.74) is 7.50. The number of rotatable bonds is 15. The van der Waals surface area contributed by atoms with Gasteiger partial charge in [0, 0.05) is 68.9 Å². The molecule has 9 rings (SSSR count). The predicted octanol–water partition coefficient (Wildman–Crippen LogP) is 7.12. The molecular formula is C62H71ClFN5O13. The number of phenols is 1. The van der Waals surface area contributed by atoms with Crippen molar-refractivity contribution in [1.82, 2.24) is 19.4 Å². The number of aliphatic hydroxyl groups is 6. The second kappa shape index (κ2) is 26.5. The number of aliphatic carboxylic acids is 1. The Hall–Kier alpha value is -7.59. The van der Waals surface area contributed by atoms with E-state index in [2.05, 4.69) is 60.6 Å². The highest BCUT2D eigenvalue weighted by molar-refractivity contribution is 6.30. The normalized spacial score (nSPS) is 21.4. The Bertz CT molecular complexity index is 3380. The van der Waals surface area contributed by atoms with Gasteiger partial charge in [-0.2, -0.15) is 0 Å². The van der Waals surface area contributed by atoms with Crippen LogP contribution >= 0.6 is 11.6 Å². The van der Waals surface area contributed by atoms with E-state index in [0.29, 0.717) is 11.5 Å². The largest absolute Gasteiger partial charge is 0.508 e. The van der Waals surface area contributed by atoms with Gasteiger partial charge >= 0.3 is 5.97 Å². The van der Waals surface area contributed by atoms with Crippen LogP contribution in [0.25, 0.3) is 33.9 Å². The lowest BCUT2D eigenvalue weighted by Gasteiger charge is -2.53. The summed E-state index contributed by atoms with van der Waals surface area (Å²) in [4.78, 5) is 57.4. The number of primary amides is 1. The number of aliphatic hydroxyl groups excluding tert-OH is 5. The zero-order chi connectivity index (χ0) is 59.4. The summed E-state index contributed by atoms with van der Waals surface area (Å²) in [6.45, 7) is 6.83. The molecule has 0 aliphatic heterocycles. The van der Waals surface area contributed by atoms with Crippen molar-refractivity contribution in [3.63, 3.8) is 0 Å². The second-order valence-electron chi connectivity index (χ2n) is 21.4. The van der Waals surface area contributed by atoms with E-state index in [1.807, 2.05) is 54.7 Å². The Kier molecular flexibility index (Phi) is 20.6. The topological polar surface area (TPSA) is 312 Å². The van der Waals surface area contributed by atoms with Crippen LogP contribution in [0.5, 0.6) is 5.75 Å². The van der Waals surface area contributed by atoms with Crippen LogP contribution in [-0.2, 0) is 19.2 Å². The van der Waals surface area contributed by atoms with Gasteiger partial charge in [-0.15, -0.1) is 0 Å². The quantitative estimate of drug-likeness (QED) is 0.0463. The number of aromatic hydroxyl groups is 1. The summed E-state index contributed by atoms with van der Waals surface area (Å²) >= 11 is 5.97. The lowest BCUT2D eigenvalue weighted by Crippen LogP contribution is -2.70. The third-order valence-corrected chi connectivity index (χ3v) is 15.4. The smallest absolute Gasteiger partial charge is 0.305 e. The molecule has 436 valence electrons. The van der Waals surface area contributed by atoms with Crippen LogP contribution in [0.15, 0.2) is 138 Å². The van der Waals surface area contributed by atoms with Gasteiger partial charge in [-0.25, -0.2) is 4.39 Å². The van der Waals surface area contributed by atoms with Gasteiger partial charge in [-0.05, 0) is 132 Å². The minimum Gasteiger partial charge on any atom is -0.508 e. The van der Waals surface area contributed by atoms with Crippen molar-refractivity contribution in [2.24, 2.45) is 17.6 Å². The minimum absolute atomic E-state index is 0. The zero-order valence-electron chi connectivity index (χ0n) is 46.5. The first-order valence-corrected chi connectivity index (χ1v) is 26.8. The molecule has 1 saturated carbocycles. The number of pyridine rings is 1. The number of carboxylic acids is 1. The molecule has 1 fully saturated rings. The maximum absolute atomic E-state index is 13.7.